The molecular weight excluding hydrogens is 436 g/mol. The molecule has 3 aromatic carbocycles. The van der Waals surface area contributed by atoms with Gasteiger partial charge in [0, 0.05) is 57.7 Å². The molecule has 0 atom stereocenters. The predicted molar refractivity (Wildman–Crippen MR) is 141 cm³/mol. The van der Waals surface area contributed by atoms with Gasteiger partial charge in [0.05, 0.1) is 11.2 Å². The fourth-order valence-corrected chi connectivity index (χ4v) is 3.76. The van der Waals surface area contributed by atoms with Crippen LogP contribution in [0.1, 0.15) is 10.4 Å². The van der Waals surface area contributed by atoms with Crippen molar-refractivity contribution in [1.82, 2.24) is 4.98 Å². The van der Waals surface area contributed by atoms with Crippen LogP contribution in [0.25, 0.3) is 10.9 Å². The van der Waals surface area contributed by atoms with Gasteiger partial charge in [0.1, 0.15) is 7.05 Å². The van der Waals surface area contributed by atoms with Gasteiger partial charge in [-0.25, -0.2) is 4.57 Å². The molecular formula is C28H25N6O+. The normalized spacial score (nSPS) is 10.7. The Kier molecular flexibility index (Phi) is 5.96. The van der Waals surface area contributed by atoms with Gasteiger partial charge >= 0.3 is 0 Å². The van der Waals surface area contributed by atoms with Crippen molar-refractivity contribution >= 4 is 50.9 Å². The van der Waals surface area contributed by atoms with Crippen LogP contribution in [-0.4, -0.2) is 10.9 Å². The van der Waals surface area contributed by atoms with Crippen LogP contribution in [0.2, 0.25) is 0 Å². The van der Waals surface area contributed by atoms with Gasteiger partial charge in [-0.2, -0.15) is 0 Å². The van der Waals surface area contributed by atoms with Gasteiger partial charge in [-0.1, -0.05) is 6.07 Å². The minimum Gasteiger partial charge on any atom is -0.399 e. The Balaban J connectivity index is 1.26. The number of carbonyl (C=O) groups is 1. The first-order chi connectivity index (χ1) is 17.0. The largest absolute Gasteiger partial charge is 0.399 e. The van der Waals surface area contributed by atoms with E-state index in [-0.39, 0.29) is 5.91 Å². The summed E-state index contributed by atoms with van der Waals surface area (Å²) in [5, 5.41) is 10.7. The van der Waals surface area contributed by atoms with Crippen LogP contribution in [0.3, 0.4) is 0 Å². The van der Waals surface area contributed by atoms with Gasteiger partial charge in [-0.15, -0.1) is 0 Å². The second kappa shape index (κ2) is 9.52. The van der Waals surface area contributed by atoms with Crippen LogP contribution >= 0.6 is 0 Å². The van der Waals surface area contributed by atoms with E-state index in [0.29, 0.717) is 16.9 Å². The molecule has 0 bridgehead atoms. The van der Waals surface area contributed by atoms with Crippen molar-refractivity contribution in [1.29, 1.82) is 0 Å². The Morgan fingerprint density at radius 3 is 2.34 bits per heavy atom. The molecule has 0 saturated carbocycles. The molecule has 5 N–H and O–H groups in total. The van der Waals surface area contributed by atoms with E-state index in [9.17, 15) is 4.79 Å². The standard InChI is InChI=1S/C28H24N6O/c1-34-15-12-22(13-16-34)31-23-3-2-4-24(18-23)33-28(35)19-5-8-21(9-6-19)32-26-11-14-30-27-17-20(29)7-10-25(26)27/h2-18H,1H3,(H4,29,30,32,33,35)/p+1. The number of aromatic nitrogens is 2. The van der Waals surface area contributed by atoms with Crippen molar-refractivity contribution in [3.8, 4) is 0 Å². The van der Waals surface area contributed by atoms with Gasteiger partial charge in [0.2, 0.25) is 0 Å². The molecule has 0 spiro atoms. The highest BCUT2D eigenvalue weighted by molar-refractivity contribution is 6.04. The van der Waals surface area contributed by atoms with Crippen molar-refractivity contribution < 1.29 is 9.36 Å². The molecule has 5 aromatic rings. The first kappa shape index (κ1) is 21.9. The maximum absolute atomic E-state index is 12.8. The molecule has 0 aliphatic heterocycles. The smallest absolute Gasteiger partial charge is 0.255 e. The number of hydrogen-bond acceptors (Lipinski definition) is 5. The molecule has 0 radical (unpaired) electrons. The first-order valence-corrected chi connectivity index (χ1v) is 11.2. The van der Waals surface area contributed by atoms with Crippen LogP contribution in [0.15, 0.2) is 104 Å². The average Bonchev–Trinajstić information content (AvgIpc) is 2.86. The molecule has 7 nitrogen and oxygen atoms in total. The number of hydrogen-bond donors (Lipinski definition) is 4. The Bertz CT molecular complexity index is 1500. The molecule has 0 aliphatic rings. The van der Waals surface area contributed by atoms with Crippen LogP contribution in [0.5, 0.6) is 0 Å². The predicted octanol–water partition coefficient (Wildman–Crippen LogP) is 5.38. The maximum Gasteiger partial charge on any atom is 0.255 e. The second-order valence-corrected chi connectivity index (χ2v) is 8.25. The summed E-state index contributed by atoms with van der Waals surface area (Å²) in [5.74, 6) is -0.176. The summed E-state index contributed by atoms with van der Waals surface area (Å²) in [6, 6.07) is 26.5. The molecule has 1 amide bonds. The lowest BCUT2D eigenvalue weighted by Gasteiger charge is -2.11. The number of nitrogens with one attached hydrogen (secondary N) is 3. The van der Waals surface area contributed by atoms with Gasteiger partial charge in [-0.3, -0.25) is 9.78 Å². The van der Waals surface area contributed by atoms with E-state index in [1.165, 1.54) is 0 Å². The Hall–Kier alpha value is -4.91. The summed E-state index contributed by atoms with van der Waals surface area (Å²) in [6.07, 6.45) is 5.69. The number of carbonyl (C=O) groups excluding carboxylic acids is 1. The van der Waals surface area contributed by atoms with E-state index in [4.69, 9.17) is 5.73 Å². The number of amides is 1. The zero-order valence-corrected chi connectivity index (χ0v) is 19.2. The molecule has 7 heteroatoms. The van der Waals surface area contributed by atoms with E-state index in [0.717, 1.165) is 33.7 Å². The molecule has 35 heavy (non-hydrogen) atoms. The zero-order valence-electron chi connectivity index (χ0n) is 19.2. The molecule has 2 aromatic heterocycles. The Morgan fingerprint density at radius 2 is 1.54 bits per heavy atom. The van der Waals surface area contributed by atoms with Crippen LogP contribution in [0, 0.1) is 0 Å². The number of aryl methyl sites for hydroxylation is 1. The molecule has 172 valence electrons. The van der Waals surface area contributed by atoms with Gasteiger partial charge in [0.25, 0.3) is 5.91 Å². The second-order valence-electron chi connectivity index (χ2n) is 8.25. The molecule has 5 rings (SSSR count). The lowest BCUT2D eigenvalue weighted by atomic mass is 10.1. The molecule has 0 saturated heterocycles. The monoisotopic (exact) mass is 461 g/mol. The fraction of sp³-hybridized carbons (Fsp3) is 0.0357. The summed E-state index contributed by atoms with van der Waals surface area (Å²) in [7, 11) is 1.97. The lowest BCUT2D eigenvalue weighted by Crippen LogP contribution is -2.25. The van der Waals surface area contributed by atoms with Gasteiger partial charge in [-0.05, 0) is 66.7 Å². The number of benzene rings is 3. The van der Waals surface area contributed by atoms with Crippen LogP contribution in [0.4, 0.5) is 34.1 Å². The number of nitrogen functional groups attached to an aromatic ring is 1. The Labute approximate surface area is 203 Å². The summed E-state index contributed by atoms with van der Waals surface area (Å²) < 4.78 is 1.97. The topological polar surface area (TPSA) is 96.0 Å². The Morgan fingerprint density at radius 1 is 0.800 bits per heavy atom. The van der Waals surface area contributed by atoms with Gasteiger partial charge in [0.15, 0.2) is 12.4 Å². The highest BCUT2D eigenvalue weighted by Crippen LogP contribution is 2.27. The van der Waals surface area contributed by atoms with Crippen molar-refractivity contribution in [3.05, 3.63) is 109 Å². The lowest BCUT2D eigenvalue weighted by molar-refractivity contribution is -0.671. The molecule has 0 fully saturated rings. The van der Waals surface area contributed by atoms with Crippen molar-refractivity contribution in [2.24, 2.45) is 7.05 Å². The summed E-state index contributed by atoms with van der Waals surface area (Å²) >= 11 is 0. The average molecular weight is 462 g/mol. The third kappa shape index (κ3) is 5.20. The highest BCUT2D eigenvalue weighted by atomic mass is 16.1. The van der Waals surface area contributed by atoms with E-state index < -0.39 is 0 Å². The van der Waals surface area contributed by atoms with E-state index in [1.54, 1.807) is 18.3 Å². The summed E-state index contributed by atoms with van der Waals surface area (Å²) in [6.45, 7) is 0. The third-order valence-electron chi connectivity index (χ3n) is 5.58. The maximum atomic E-state index is 12.8. The third-order valence-corrected chi connectivity index (χ3v) is 5.58. The van der Waals surface area contributed by atoms with Gasteiger partial charge < -0.3 is 21.7 Å². The highest BCUT2D eigenvalue weighted by Gasteiger charge is 2.08. The SMILES string of the molecule is C[n+]1ccc(Nc2cccc(NC(=O)c3ccc(Nc4ccnc5cc(N)ccc45)cc3)c2)cc1. The molecule has 2 heterocycles. The van der Waals surface area contributed by atoms with Crippen LogP contribution in [-0.2, 0) is 7.05 Å². The van der Waals surface area contributed by atoms with Crippen molar-refractivity contribution in [3.63, 3.8) is 0 Å². The van der Waals surface area contributed by atoms with Crippen LogP contribution < -0.4 is 26.3 Å². The number of fused-ring (bicyclic) bond motifs is 1. The number of anilines is 6. The fourth-order valence-electron chi connectivity index (χ4n) is 3.76. The van der Waals surface area contributed by atoms with Crippen molar-refractivity contribution in [2.45, 2.75) is 0 Å². The zero-order chi connectivity index (χ0) is 24.2. The minimum absolute atomic E-state index is 0.176. The first-order valence-electron chi connectivity index (χ1n) is 11.2. The van der Waals surface area contributed by atoms with E-state index >= 15 is 0 Å². The molecule has 0 aliphatic carbocycles. The summed E-state index contributed by atoms with van der Waals surface area (Å²) in [4.78, 5) is 17.2. The number of nitrogens with two attached hydrogens (primary N) is 1. The van der Waals surface area contributed by atoms with E-state index in [1.807, 2.05) is 96.8 Å². The molecule has 0 unspecified atom stereocenters. The number of pyridine rings is 2. The van der Waals surface area contributed by atoms with E-state index in [2.05, 4.69) is 20.9 Å². The number of rotatable bonds is 6. The minimum atomic E-state index is -0.176. The number of nitrogens with zero attached hydrogens (tertiary/aromatic N) is 2. The quantitative estimate of drug-likeness (QED) is 0.201. The van der Waals surface area contributed by atoms with Crippen molar-refractivity contribution in [2.75, 3.05) is 21.7 Å². The summed E-state index contributed by atoms with van der Waals surface area (Å²) in [5.41, 5.74) is 12.3.